The third-order valence-electron chi connectivity index (χ3n) is 4.70. The smallest absolute Gasteiger partial charge is 0.334 e. The summed E-state index contributed by atoms with van der Waals surface area (Å²) < 4.78 is 10.6. The maximum Gasteiger partial charge on any atom is 0.334 e. The summed E-state index contributed by atoms with van der Waals surface area (Å²) in [7, 11) is 0. The van der Waals surface area contributed by atoms with Crippen molar-refractivity contribution in [3.05, 3.63) is 11.6 Å². The van der Waals surface area contributed by atoms with Crippen molar-refractivity contribution in [3.8, 4) is 0 Å². The molecule has 6 heteroatoms. The number of aliphatic carboxylic acids is 1. The van der Waals surface area contributed by atoms with Crippen LogP contribution in [0.5, 0.6) is 0 Å². The summed E-state index contributed by atoms with van der Waals surface area (Å²) in [4.78, 5) is 25.5. The normalized spacial score (nSPS) is 17.5. The van der Waals surface area contributed by atoms with E-state index in [2.05, 4.69) is 18.7 Å². The molecular weight excluding hydrogens is 322 g/mol. The molecule has 1 N–H and O–H groups in total. The van der Waals surface area contributed by atoms with Gasteiger partial charge in [0.15, 0.2) is 0 Å². The molecule has 0 aromatic heterocycles. The molecule has 1 unspecified atom stereocenters. The second-order valence-electron chi connectivity index (χ2n) is 7.09. The fourth-order valence-electron chi connectivity index (χ4n) is 2.53. The molecule has 0 aliphatic carbocycles. The van der Waals surface area contributed by atoms with Crippen LogP contribution in [0.25, 0.3) is 0 Å². The summed E-state index contributed by atoms with van der Waals surface area (Å²) in [5.41, 5.74) is 0.259. The van der Waals surface area contributed by atoms with E-state index in [1.54, 1.807) is 0 Å². The molecule has 0 amide bonds. The summed E-state index contributed by atoms with van der Waals surface area (Å²) in [6.07, 6.45) is 4.23. The average molecular weight is 355 g/mol. The number of esters is 1. The number of carboxylic acid groups (broad SMARTS) is 1. The van der Waals surface area contributed by atoms with Crippen molar-refractivity contribution in [2.24, 2.45) is 11.8 Å². The van der Waals surface area contributed by atoms with Gasteiger partial charge in [-0.25, -0.2) is 9.59 Å². The van der Waals surface area contributed by atoms with Crippen LogP contribution in [0, 0.1) is 11.8 Å². The van der Waals surface area contributed by atoms with Crippen LogP contribution in [0.2, 0.25) is 0 Å². The first-order valence-corrected chi connectivity index (χ1v) is 9.31. The number of morpholine rings is 1. The lowest BCUT2D eigenvalue weighted by molar-refractivity contribution is -0.141. The second-order valence-corrected chi connectivity index (χ2v) is 7.09. The minimum absolute atomic E-state index is 0.253. The molecule has 1 heterocycles. The minimum Gasteiger partial charge on any atom is -0.478 e. The molecule has 6 nitrogen and oxygen atoms in total. The number of carbonyl (C=O) groups is 2. The van der Waals surface area contributed by atoms with Crippen LogP contribution in [-0.4, -0.2) is 61.4 Å². The maximum absolute atomic E-state index is 12.1. The van der Waals surface area contributed by atoms with Gasteiger partial charge in [0, 0.05) is 24.7 Å². The zero-order valence-corrected chi connectivity index (χ0v) is 15.8. The molecule has 25 heavy (non-hydrogen) atoms. The van der Waals surface area contributed by atoms with Crippen LogP contribution >= 0.6 is 0 Å². The number of rotatable bonds is 11. The van der Waals surface area contributed by atoms with Gasteiger partial charge in [0.05, 0.1) is 19.8 Å². The van der Waals surface area contributed by atoms with E-state index < -0.39 is 11.9 Å². The Morgan fingerprint density at radius 3 is 2.44 bits per heavy atom. The summed E-state index contributed by atoms with van der Waals surface area (Å²) in [5, 5.41) is 8.97. The zero-order valence-electron chi connectivity index (χ0n) is 15.8. The molecule has 0 saturated carbocycles. The largest absolute Gasteiger partial charge is 0.478 e. The lowest BCUT2D eigenvalue weighted by Crippen LogP contribution is -2.36. The molecule has 0 aromatic carbocycles. The van der Waals surface area contributed by atoms with Gasteiger partial charge in [-0.15, -0.1) is 0 Å². The SMILES string of the molecule is CC(C)C(C)COC(=O)/C(=C/C(=O)O)CCCCCN1CCOCC1. The summed E-state index contributed by atoms with van der Waals surface area (Å²) in [5.74, 6) is -0.927. The first kappa shape index (κ1) is 21.6. The first-order valence-electron chi connectivity index (χ1n) is 9.31. The molecule has 0 spiro atoms. The Kier molecular flexibility index (Phi) is 10.4. The van der Waals surface area contributed by atoms with Gasteiger partial charge in [0.1, 0.15) is 0 Å². The Morgan fingerprint density at radius 1 is 1.16 bits per heavy atom. The van der Waals surface area contributed by atoms with Crippen LogP contribution < -0.4 is 0 Å². The Labute approximate surface area is 151 Å². The monoisotopic (exact) mass is 355 g/mol. The third kappa shape index (κ3) is 9.60. The van der Waals surface area contributed by atoms with E-state index in [-0.39, 0.29) is 11.5 Å². The van der Waals surface area contributed by atoms with Crippen molar-refractivity contribution >= 4 is 11.9 Å². The molecular formula is C19H33NO5. The van der Waals surface area contributed by atoms with Crippen molar-refractivity contribution in [3.63, 3.8) is 0 Å². The predicted octanol–water partition coefficient (Wildman–Crippen LogP) is 2.73. The fraction of sp³-hybridized carbons (Fsp3) is 0.789. The number of hydrogen-bond donors (Lipinski definition) is 1. The quantitative estimate of drug-likeness (QED) is 0.349. The van der Waals surface area contributed by atoms with Crippen LogP contribution in [0.1, 0.15) is 46.5 Å². The van der Waals surface area contributed by atoms with Crippen LogP contribution in [0.3, 0.4) is 0 Å². The molecule has 1 rings (SSSR count). The van der Waals surface area contributed by atoms with E-state index in [4.69, 9.17) is 14.6 Å². The number of hydrogen-bond acceptors (Lipinski definition) is 5. The van der Waals surface area contributed by atoms with Gasteiger partial charge < -0.3 is 14.6 Å². The molecule has 144 valence electrons. The standard InChI is InChI=1S/C19H33NO5/c1-15(2)16(3)14-25-19(23)17(13-18(21)22)7-5-4-6-8-20-9-11-24-12-10-20/h13,15-16H,4-12,14H2,1-3H3,(H,21,22)/b17-13+. The van der Waals surface area contributed by atoms with Gasteiger partial charge in [0.25, 0.3) is 0 Å². The lowest BCUT2D eigenvalue weighted by atomic mass is 9.99. The van der Waals surface area contributed by atoms with Gasteiger partial charge >= 0.3 is 11.9 Å². The average Bonchev–Trinajstić information content (AvgIpc) is 2.58. The number of carboxylic acids is 1. The highest BCUT2D eigenvalue weighted by atomic mass is 16.5. The first-order chi connectivity index (χ1) is 11.9. The van der Waals surface area contributed by atoms with Crippen molar-refractivity contribution in [2.45, 2.75) is 46.5 Å². The van der Waals surface area contributed by atoms with E-state index in [1.807, 2.05) is 6.92 Å². The topological polar surface area (TPSA) is 76.1 Å². The Bertz CT molecular complexity index is 441. The number of unbranched alkanes of at least 4 members (excludes halogenated alkanes) is 2. The molecule has 0 aromatic rings. The highest BCUT2D eigenvalue weighted by Crippen LogP contribution is 2.15. The van der Waals surface area contributed by atoms with Crippen molar-refractivity contribution in [1.82, 2.24) is 4.90 Å². The van der Waals surface area contributed by atoms with Crippen LogP contribution in [-0.2, 0) is 19.1 Å². The number of carbonyl (C=O) groups excluding carboxylic acids is 1. The number of nitrogens with zero attached hydrogens (tertiary/aromatic N) is 1. The molecule has 1 fully saturated rings. The maximum atomic E-state index is 12.1. The lowest BCUT2D eigenvalue weighted by Gasteiger charge is -2.26. The second kappa shape index (κ2) is 12.0. The Balaban J connectivity index is 2.32. The fourth-order valence-corrected chi connectivity index (χ4v) is 2.53. The van der Waals surface area contributed by atoms with Gasteiger partial charge in [-0.3, -0.25) is 4.90 Å². The summed E-state index contributed by atoms with van der Waals surface area (Å²) in [6, 6.07) is 0. The van der Waals surface area contributed by atoms with E-state index in [0.29, 0.717) is 18.9 Å². The van der Waals surface area contributed by atoms with Crippen LogP contribution in [0.15, 0.2) is 11.6 Å². The highest BCUT2D eigenvalue weighted by Gasteiger charge is 2.16. The highest BCUT2D eigenvalue weighted by molar-refractivity contribution is 5.95. The van der Waals surface area contributed by atoms with Gasteiger partial charge in [-0.2, -0.15) is 0 Å². The third-order valence-corrected chi connectivity index (χ3v) is 4.70. The summed E-state index contributed by atoms with van der Waals surface area (Å²) in [6.45, 7) is 11.1. The van der Waals surface area contributed by atoms with Gasteiger partial charge in [-0.05, 0) is 37.6 Å². The molecule has 1 aliphatic rings. The van der Waals surface area contributed by atoms with Crippen molar-refractivity contribution in [1.29, 1.82) is 0 Å². The van der Waals surface area contributed by atoms with E-state index in [0.717, 1.165) is 58.2 Å². The molecule has 0 radical (unpaired) electrons. The Hall–Kier alpha value is -1.40. The van der Waals surface area contributed by atoms with Crippen LogP contribution in [0.4, 0.5) is 0 Å². The van der Waals surface area contributed by atoms with E-state index >= 15 is 0 Å². The summed E-state index contributed by atoms with van der Waals surface area (Å²) >= 11 is 0. The van der Waals surface area contributed by atoms with Gasteiger partial charge in [0.2, 0.25) is 0 Å². The molecule has 0 bridgehead atoms. The molecule has 1 aliphatic heterocycles. The Morgan fingerprint density at radius 2 is 1.84 bits per heavy atom. The number of ether oxygens (including phenoxy) is 2. The molecule has 1 saturated heterocycles. The minimum atomic E-state index is -1.10. The predicted molar refractivity (Wildman–Crippen MR) is 96.4 cm³/mol. The van der Waals surface area contributed by atoms with E-state index in [1.165, 1.54) is 0 Å². The zero-order chi connectivity index (χ0) is 18.7. The van der Waals surface area contributed by atoms with E-state index in [9.17, 15) is 9.59 Å². The van der Waals surface area contributed by atoms with Gasteiger partial charge in [-0.1, -0.05) is 27.2 Å². The van der Waals surface area contributed by atoms with Crippen molar-refractivity contribution in [2.75, 3.05) is 39.5 Å². The molecule has 1 atom stereocenters. The van der Waals surface area contributed by atoms with Crippen molar-refractivity contribution < 1.29 is 24.2 Å².